The number of hydrogen-bond acceptors (Lipinski definition) is 10. The van der Waals surface area contributed by atoms with E-state index in [4.69, 9.17) is 32.4 Å². The SMILES string of the molecule is COCc1c(N)ccc(C(N)=O)c1-c1cc(S(=O)(=O)c2ccc(O)c(-c3c(C(N)=O)ccc(N)c3COC)c2)ccc1O. The van der Waals surface area contributed by atoms with Gasteiger partial charge in [0.2, 0.25) is 21.7 Å². The van der Waals surface area contributed by atoms with Gasteiger partial charge in [0.15, 0.2) is 0 Å². The molecule has 0 spiro atoms. The van der Waals surface area contributed by atoms with Crippen molar-refractivity contribution in [1.29, 1.82) is 0 Å². The summed E-state index contributed by atoms with van der Waals surface area (Å²) in [4.78, 5) is 24.1. The van der Waals surface area contributed by atoms with Crippen molar-refractivity contribution >= 4 is 33.0 Å². The Morgan fingerprint density at radius 2 is 1.05 bits per heavy atom. The number of rotatable bonds is 10. The van der Waals surface area contributed by atoms with E-state index in [2.05, 4.69) is 0 Å². The number of nitrogen functional groups attached to an aromatic ring is 2. The van der Waals surface area contributed by atoms with Crippen LogP contribution in [0.15, 0.2) is 70.5 Å². The Labute approximate surface area is 247 Å². The third-order valence-electron chi connectivity index (χ3n) is 6.90. The Balaban J connectivity index is 1.97. The summed E-state index contributed by atoms with van der Waals surface area (Å²) in [5.74, 6) is -2.35. The highest BCUT2D eigenvalue weighted by molar-refractivity contribution is 7.91. The van der Waals surface area contributed by atoms with E-state index in [9.17, 15) is 28.2 Å². The molecule has 0 saturated heterocycles. The highest BCUT2D eigenvalue weighted by Gasteiger charge is 2.26. The predicted molar refractivity (Wildman–Crippen MR) is 160 cm³/mol. The summed E-state index contributed by atoms with van der Waals surface area (Å²) in [6.45, 7) is -0.127. The standard InChI is InChI=1S/C30H30N4O8S/c1-41-13-21-23(31)7-5-17(29(33)37)27(21)19-11-15(3-9-25(19)35)43(39,40)16-4-10-26(36)20(12-16)28-18(30(34)38)6-8-24(32)22(28)14-42-2/h3-12,35-36H,13-14,31-32H2,1-2H3,(H2,33,37)(H2,34,38). The third-order valence-corrected chi connectivity index (χ3v) is 8.65. The molecular formula is C30H30N4O8S. The minimum absolute atomic E-state index is 0.00987. The number of carbonyl (C=O) groups excluding carboxylic acids is 2. The van der Waals surface area contributed by atoms with E-state index in [1.807, 2.05) is 0 Å². The second kappa shape index (κ2) is 12.0. The number of sulfone groups is 1. The van der Waals surface area contributed by atoms with E-state index in [-0.39, 0.29) is 79.3 Å². The minimum atomic E-state index is -4.35. The topological polar surface area (TPSA) is 231 Å². The van der Waals surface area contributed by atoms with Crippen LogP contribution in [0, 0.1) is 0 Å². The number of ether oxygens (including phenoxy) is 2. The van der Waals surface area contributed by atoms with Crippen molar-refractivity contribution in [3.63, 3.8) is 0 Å². The van der Waals surface area contributed by atoms with Gasteiger partial charge in [0.25, 0.3) is 0 Å². The Morgan fingerprint density at radius 3 is 1.37 bits per heavy atom. The molecule has 0 fully saturated rings. The van der Waals surface area contributed by atoms with Crippen molar-refractivity contribution < 1.29 is 37.7 Å². The van der Waals surface area contributed by atoms with Gasteiger partial charge in [-0.25, -0.2) is 8.42 Å². The smallest absolute Gasteiger partial charge is 0.249 e. The van der Waals surface area contributed by atoms with E-state index in [1.165, 1.54) is 62.8 Å². The first-order chi connectivity index (χ1) is 20.3. The first kappa shape index (κ1) is 30.8. The van der Waals surface area contributed by atoms with Crippen LogP contribution < -0.4 is 22.9 Å². The number of nitrogens with two attached hydrogens (primary N) is 4. The van der Waals surface area contributed by atoms with Crippen LogP contribution in [0.5, 0.6) is 11.5 Å². The summed E-state index contributed by atoms with van der Waals surface area (Å²) in [5, 5.41) is 21.6. The number of anilines is 2. The van der Waals surface area contributed by atoms with Gasteiger partial charge in [0.05, 0.1) is 23.0 Å². The first-order valence-corrected chi connectivity index (χ1v) is 14.1. The maximum atomic E-state index is 14.0. The summed E-state index contributed by atoms with van der Waals surface area (Å²) in [5.41, 5.74) is 24.7. The molecule has 4 aromatic carbocycles. The maximum absolute atomic E-state index is 14.0. The lowest BCUT2D eigenvalue weighted by atomic mass is 9.92. The largest absolute Gasteiger partial charge is 0.507 e. The number of methoxy groups -OCH3 is 2. The van der Waals surface area contributed by atoms with E-state index < -0.39 is 21.7 Å². The Morgan fingerprint density at radius 1 is 0.674 bits per heavy atom. The van der Waals surface area contributed by atoms with Crippen LogP contribution in [0.4, 0.5) is 11.4 Å². The molecule has 0 aliphatic rings. The summed E-state index contributed by atoms with van der Waals surface area (Å²) >= 11 is 0. The molecule has 0 aromatic heterocycles. The molecular weight excluding hydrogens is 576 g/mol. The molecule has 10 N–H and O–H groups in total. The lowest BCUT2D eigenvalue weighted by Gasteiger charge is -2.18. The van der Waals surface area contributed by atoms with Crippen LogP contribution in [-0.2, 0) is 32.5 Å². The van der Waals surface area contributed by atoms with Crippen LogP contribution in [0.1, 0.15) is 31.8 Å². The second-order valence-electron chi connectivity index (χ2n) is 9.57. The molecule has 4 rings (SSSR count). The summed E-state index contributed by atoms with van der Waals surface area (Å²) in [6.07, 6.45) is 0. The van der Waals surface area contributed by atoms with Gasteiger partial charge in [-0.15, -0.1) is 0 Å². The number of phenolic OH excluding ortho intramolecular Hbond substituents is 2. The quantitative estimate of drug-likeness (QED) is 0.144. The molecule has 0 atom stereocenters. The van der Waals surface area contributed by atoms with Gasteiger partial charge < -0.3 is 42.6 Å². The average molecular weight is 607 g/mol. The molecule has 2 amide bonds. The number of phenols is 2. The molecule has 0 bridgehead atoms. The van der Waals surface area contributed by atoms with Crippen LogP contribution in [0.2, 0.25) is 0 Å². The predicted octanol–water partition coefficient (Wildman–Crippen LogP) is 2.92. The number of amides is 2. The normalized spacial score (nSPS) is 11.4. The van der Waals surface area contributed by atoms with E-state index >= 15 is 0 Å². The van der Waals surface area contributed by atoms with E-state index in [0.717, 1.165) is 12.1 Å². The lowest BCUT2D eigenvalue weighted by molar-refractivity contribution is 0.0992. The van der Waals surface area contributed by atoms with Gasteiger partial charge in [-0.1, -0.05) is 0 Å². The fraction of sp³-hybridized carbons (Fsp3) is 0.133. The molecule has 0 unspecified atom stereocenters. The highest BCUT2D eigenvalue weighted by atomic mass is 32.2. The third kappa shape index (κ3) is 5.68. The summed E-state index contributed by atoms with van der Waals surface area (Å²) in [6, 6.07) is 12.7. The molecule has 12 nitrogen and oxygen atoms in total. The molecule has 224 valence electrons. The zero-order valence-electron chi connectivity index (χ0n) is 23.2. The van der Waals surface area contributed by atoms with Crippen molar-refractivity contribution in [2.24, 2.45) is 11.5 Å². The Bertz CT molecular complexity index is 1740. The van der Waals surface area contributed by atoms with E-state index in [1.54, 1.807) is 0 Å². The molecule has 0 aliphatic heterocycles. The van der Waals surface area contributed by atoms with Crippen molar-refractivity contribution in [3.8, 4) is 33.8 Å². The molecule has 0 saturated carbocycles. The maximum Gasteiger partial charge on any atom is 0.249 e. The van der Waals surface area contributed by atoms with Gasteiger partial charge in [-0.3, -0.25) is 9.59 Å². The number of carbonyl (C=O) groups is 2. The van der Waals surface area contributed by atoms with Crippen molar-refractivity contribution in [2.75, 3.05) is 25.7 Å². The zero-order valence-corrected chi connectivity index (χ0v) is 24.1. The van der Waals surface area contributed by atoms with Crippen LogP contribution in [-0.4, -0.2) is 44.7 Å². The van der Waals surface area contributed by atoms with Gasteiger partial charge in [0, 0.05) is 70.1 Å². The molecule has 0 heterocycles. The Kier molecular flexibility index (Phi) is 8.62. The molecule has 0 aliphatic carbocycles. The van der Waals surface area contributed by atoms with Gasteiger partial charge in [-0.2, -0.15) is 0 Å². The summed E-state index contributed by atoms with van der Waals surface area (Å²) < 4.78 is 38.4. The van der Waals surface area contributed by atoms with E-state index in [0.29, 0.717) is 11.1 Å². The van der Waals surface area contributed by atoms with Crippen molar-refractivity contribution in [3.05, 3.63) is 82.9 Å². The second-order valence-corrected chi connectivity index (χ2v) is 11.5. The number of benzene rings is 4. The number of hydrogen-bond donors (Lipinski definition) is 6. The van der Waals surface area contributed by atoms with Crippen molar-refractivity contribution in [1.82, 2.24) is 0 Å². The van der Waals surface area contributed by atoms with Gasteiger partial charge >= 0.3 is 0 Å². The monoisotopic (exact) mass is 606 g/mol. The van der Waals surface area contributed by atoms with Crippen molar-refractivity contribution in [2.45, 2.75) is 23.0 Å². The summed E-state index contributed by atoms with van der Waals surface area (Å²) in [7, 11) is -1.53. The fourth-order valence-corrected chi connectivity index (χ4v) is 6.17. The highest BCUT2D eigenvalue weighted by Crippen LogP contribution is 2.42. The molecule has 0 radical (unpaired) electrons. The Hall–Kier alpha value is -5.11. The molecule has 43 heavy (non-hydrogen) atoms. The first-order valence-electron chi connectivity index (χ1n) is 12.7. The zero-order chi connectivity index (χ0) is 31.6. The minimum Gasteiger partial charge on any atom is -0.507 e. The van der Waals surface area contributed by atoms with Crippen LogP contribution >= 0.6 is 0 Å². The van der Waals surface area contributed by atoms with Crippen LogP contribution in [0.25, 0.3) is 22.3 Å². The fourth-order valence-electron chi connectivity index (χ4n) is 4.85. The lowest BCUT2D eigenvalue weighted by Crippen LogP contribution is -2.15. The average Bonchev–Trinajstić information content (AvgIpc) is 2.95. The molecule has 13 heteroatoms. The number of aromatic hydroxyl groups is 2. The molecule has 4 aromatic rings. The van der Waals surface area contributed by atoms with Gasteiger partial charge in [0.1, 0.15) is 11.5 Å². The number of primary amides is 2. The van der Waals surface area contributed by atoms with Crippen LogP contribution in [0.3, 0.4) is 0 Å². The van der Waals surface area contributed by atoms with Gasteiger partial charge in [-0.05, 0) is 60.7 Å².